The molecule has 130 valence electrons. The van der Waals surface area contributed by atoms with Gasteiger partial charge in [0.2, 0.25) is 5.91 Å². The zero-order valence-electron chi connectivity index (χ0n) is 14.7. The first kappa shape index (κ1) is 17.1. The zero-order chi connectivity index (χ0) is 17.8. The molecule has 0 radical (unpaired) electrons. The fourth-order valence-corrected chi connectivity index (χ4v) is 3.20. The first-order valence-electron chi connectivity index (χ1n) is 8.57. The number of aldehydes is 1. The number of allylic oxidation sites excluding steroid dienone is 1. The number of nitrogens with zero attached hydrogens (tertiary/aromatic N) is 2. The van der Waals surface area contributed by atoms with E-state index in [4.69, 9.17) is 0 Å². The number of nitrogens with one attached hydrogen (secondary N) is 1. The summed E-state index contributed by atoms with van der Waals surface area (Å²) in [5.41, 5.74) is 5.57. The summed E-state index contributed by atoms with van der Waals surface area (Å²) < 4.78 is 1.72. The molecule has 1 aromatic heterocycles. The largest absolute Gasteiger partial charge is 0.355 e. The van der Waals surface area contributed by atoms with Crippen molar-refractivity contribution in [3.05, 3.63) is 58.4 Å². The van der Waals surface area contributed by atoms with E-state index in [1.54, 1.807) is 4.68 Å². The highest BCUT2D eigenvalue weighted by molar-refractivity contribution is 5.91. The van der Waals surface area contributed by atoms with Crippen molar-refractivity contribution in [3.63, 3.8) is 0 Å². The SMILES string of the molecule is Cc1cc(CC(C=O)C(=O)NCCc2ccc3c(c2)C=CC3)n(C)n1. The summed E-state index contributed by atoms with van der Waals surface area (Å²) in [5, 5.41) is 7.13. The molecule has 0 fully saturated rings. The van der Waals surface area contributed by atoms with Crippen LogP contribution >= 0.6 is 0 Å². The van der Waals surface area contributed by atoms with Gasteiger partial charge in [0.05, 0.1) is 11.6 Å². The average molecular weight is 337 g/mol. The number of fused-ring (bicyclic) bond motifs is 1. The van der Waals surface area contributed by atoms with E-state index in [2.05, 4.69) is 40.8 Å². The summed E-state index contributed by atoms with van der Waals surface area (Å²) in [4.78, 5) is 23.6. The maximum absolute atomic E-state index is 12.3. The molecule has 1 aromatic carbocycles. The fraction of sp³-hybridized carbons (Fsp3) is 0.350. The van der Waals surface area contributed by atoms with Crippen LogP contribution in [0.2, 0.25) is 0 Å². The Labute approximate surface area is 147 Å². The molecule has 1 heterocycles. The van der Waals surface area contributed by atoms with Crippen molar-refractivity contribution in [2.75, 3.05) is 6.54 Å². The van der Waals surface area contributed by atoms with Crippen molar-refractivity contribution >= 4 is 18.3 Å². The van der Waals surface area contributed by atoms with Crippen LogP contribution in [0.1, 0.15) is 28.1 Å². The Bertz CT molecular complexity index is 820. The molecule has 25 heavy (non-hydrogen) atoms. The van der Waals surface area contributed by atoms with Crippen LogP contribution < -0.4 is 5.32 Å². The highest BCUT2D eigenvalue weighted by Gasteiger charge is 2.19. The number of carbonyl (C=O) groups excluding carboxylic acids is 2. The van der Waals surface area contributed by atoms with Crippen LogP contribution in [0, 0.1) is 12.8 Å². The number of aryl methyl sites for hydroxylation is 2. The number of aromatic nitrogens is 2. The van der Waals surface area contributed by atoms with E-state index in [0.29, 0.717) is 13.0 Å². The lowest BCUT2D eigenvalue weighted by molar-refractivity contribution is -0.129. The van der Waals surface area contributed by atoms with Gasteiger partial charge < -0.3 is 10.1 Å². The van der Waals surface area contributed by atoms with Crippen molar-refractivity contribution in [1.82, 2.24) is 15.1 Å². The monoisotopic (exact) mass is 337 g/mol. The van der Waals surface area contributed by atoms with Crippen LogP contribution in [0.3, 0.4) is 0 Å². The Hall–Kier alpha value is -2.69. The van der Waals surface area contributed by atoms with Gasteiger partial charge >= 0.3 is 0 Å². The molecule has 0 saturated heterocycles. The Morgan fingerprint density at radius 1 is 1.40 bits per heavy atom. The summed E-state index contributed by atoms with van der Waals surface area (Å²) in [6, 6.07) is 8.32. The third kappa shape index (κ3) is 4.05. The summed E-state index contributed by atoms with van der Waals surface area (Å²) in [5.74, 6) is -0.910. The van der Waals surface area contributed by atoms with Gasteiger partial charge in [0.15, 0.2) is 0 Å². The third-order valence-corrected chi connectivity index (χ3v) is 4.59. The van der Waals surface area contributed by atoms with E-state index >= 15 is 0 Å². The number of hydrogen-bond donors (Lipinski definition) is 1. The van der Waals surface area contributed by atoms with Crippen molar-refractivity contribution in [3.8, 4) is 0 Å². The van der Waals surface area contributed by atoms with Crippen molar-refractivity contribution < 1.29 is 9.59 Å². The predicted molar refractivity (Wildman–Crippen MR) is 97.1 cm³/mol. The Morgan fingerprint density at radius 2 is 2.24 bits per heavy atom. The quantitative estimate of drug-likeness (QED) is 0.621. The lowest BCUT2D eigenvalue weighted by atomic mass is 10.0. The van der Waals surface area contributed by atoms with E-state index in [1.165, 1.54) is 16.7 Å². The molecular weight excluding hydrogens is 314 g/mol. The van der Waals surface area contributed by atoms with E-state index < -0.39 is 5.92 Å². The molecule has 1 aliphatic rings. The molecule has 2 aromatic rings. The smallest absolute Gasteiger partial charge is 0.230 e. The summed E-state index contributed by atoms with van der Waals surface area (Å²) in [6.45, 7) is 2.42. The van der Waals surface area contributed by atoms with Crippen molar-refractivity contribution in [1.29, 1.82) is 0 Å². The van der Waals surface area contributed by atoms with Crippen LogP contribution in [-0.4, -0.2) is 28.5 Å². The Morgan fingerprint density at radius 3 is 2.96 bits per heavy atom. The van der Waals surface area contributed by atoms with Gasteiger partial charge in [-0.1, -0.05) is 30.4 Å². The zero-order valence-corrected chi connectivity index (χ0v) is 14.7. The predicted octanol–water partition coefficient (Wildman–Crippen LogP) is 2.01. The maximum Gasteiger partial charge on any atom is 0.230 e. The van der Waals surface area contributed by atoms with E-state index in [0.717, 1.165) is 30.5 Å². The summed E-state index contributed by atoms with van der Waals surface area (Å²) >= 11 is 0. The lowest BCUT2D eigenvalue weighted by Gasteiger charge is -2.12. The minimum absolute atomic E-state index is 0.227. The van der Waals surface area contributed by atoms with Gasteiger partial charge in [0, 0.05) is 25.7 Å². The second kappa shape index (κ2) is 7.47. The molecule has 0 spiro atoms. The van der Waals surface area contributed by atoms with Crippen LogP contribution in [-0.2, 0) is 35.9 Å². The van der Waals surface area contributed by atoms with Gasteiger partial charge in [0.1, 0.15) is 6.29 Å². The minimum Gasteiger partial charge on any atom is -0.355 e. The standard InChI is InChI=1S/C20H23N3O2/c1-14-10-19(23(2)22-14)12-18(13-24)20(25)21-9-8-15-6-7-16-4-3-5-17(16)11-15/h3,5-7,10-11,13,18H,4,8-9,12H2,1-2H3,(H,21,25). The molecule has 1 unspecified atom stereocenters. The molecule has 0 saturated carbocycles. The number of carbonyl (C=O) groups is 2. The number of amides is 1. The van der Waals surface area contributed by atoms with Gasteiger partial charge in [-0.3, -0.25) is 9.48 Å². The molecule has 3 rings (SSSR count). The molecule has 1 amide bonds. The number of benzene rings is 1. The molecular formula is C20H23N3O2. The Balaban J connectivity index is 1.53. The molecule has 5 nitrogen and oxygen atoms in total. The van der Waals surface area contributed by atoms with Crippen LogP contribution in [0.15, 0.2) is 30.3 Å². The molecule has 5 heteroatoms. The second-order valence-corrected chi connectivity index (χ2v) is 6.53. The minimum atomic E-state index is -0.683. The lowest BCUT2D eigenvalue weighted by Crippen LogP contribution is -2.34. The van der Waals surface area contributed by atoms with E-state index in [9.17, 15) is 9.59 Å². The van der Waals surface area contributed by atoms with E-state index in [-0.39, 0.29) is 5.91 Å². The highest BCUT2D eigenvalue weighted by Crippen LogP contribution is 2.20. The van der Waals surface area contributed by atoms with Gasteiger partial charge in [0.25, 0.3) is 0 Å². The fourth-order valence-electron chi connectivity index (χ4n) is 3.20. The topological polar surface area (TPSA) is 64.0 Å². The van der Waals surface area contributed by atoms with Gasteiger partial charge in [-0.25, -0.2) is 0 Å². The van der Waals surface area contributed by atoms with Gasteiger partial charge in [-0.05, 0) is 42.5 Å². The molecule has 0 bridgehead atoms. The highest BCUT2D eigenvalue weighted by atomic mass is 16.2. The molecule has 0 aliphatic heterocycles. The maximum atomic E-state index is 12.3. The average Bonchev–Trinajstić information content (AvgIpc) is 3.17. The number of rotatable bonds is 7. The second-order valence-electron chi connectivity index (χ2n) is 6.53. The van der Waals surface area contributed by atoms with Crippen molar-refractivity contribution in [2.45, 2.75) is 26.2 Å². The molecule has 1 N–H and O–H groups in total. The number of hydrogen-bond acceptors (Lipinski definition) is 3. The normalized spacial score (nSPS) is 13.5. The molecule has 1 aliphatic carbocycles. The first-order valence-corrected chi connectivity index (χ1v) is 8.57. The molecule has 1 atom stereocenters. The summed E-state index contributed by atoms with van der Waals surface area (Å²) in [6.07, 6.45) is 7.14. The van der Waals surface area contributed by atoms with Gasteiger partial charge in [-0.2, -0.15) is 5.10 Å². The van der Waals surface area contributed by atoms with Gasteiger partial charge in [-0.15, -0.1) is 0 Å². The van der Waals surface area contributed by atoms with Crippen LogP contribution in [0.5, 0.6) is 0 Å². The Kier molecular flexibility index (Phi) is 5.12. The van der Waals surface area contributed by atoms with Crippen molar-refractivity contribution in [2.24, 2.45) is 13.0 Å². The van der Waals surface area contributed by atoms with Crippen LogP contribution in [0.4, 0.5) is 0 Å². The van der Waals surface area contributed by atoms with Crippen LogP contribution in [0.25, 0.3) is 6.08 Å². The summed E-state index contributed by atoms with van der Waals surface area (Å²) in [7, 11) is 1.82. The first-order chi connectivity index (χ1) is 12.1. The van der Waals surface area contributed by atoms with E-state index in [1.807, 2.05) is 20.0 Å². The third-order valence-electron chi connectivity index (χ3n) is 4.59.